The van der Waals surface area contributed by atoms with E-state index in [9.17, 15) is 4.79 Å². The first-order chi connectivity index (χ1) is 6.21. The summed E-state index contributed by atoms with van der Waals surface area (Å²) in [6, 6.07) is 0. The van der Waals surface area contributed by atoms with Crippen molar-refractivity contribution in [2.75, 3.05) is 0 Å². The normalized spacial score (nSPS) is 21.3. The highest BCUT2D eigenvalue weighted by molar-refractivity contribution is 5.80. The standard InChI is InChI=1S/C11H21NO/c1-2-3-7-11(10(12)13)8-5-4-6-9-11/h2-9H2,1H3,(H2,12,13). The van der Waals surface area contributed by atoms with Gasteiger partial charge in [-0.05, 0) is 19.3 Å². The minimum absolute atomic E-state index is 0.0550. The van der Waals surface area contributed by atoms with Gasteiger partial charge in [0.25, 0.3) is 0 Å². The quantitative estimate of drug-likeness (QED) is 0.715. The summed E-state index contributed by atoms with van der Waals surface area (Å²) in [5.74, 6) is -0.0550. The molecule has 1 saturated carbocycles. The van der Waals surface area contributed by atoms with Crippen molar-refractivity contribution in [2.45, 2.75) is 58.3 Å². The third kappa shape index (κ3) is 2.45. The maximum Gasteiger partial charge on any atom is 0.223 e. The lowest BCUT2D eigenvalue weighted by Gasteiger charge is -2.34. The van der Waals surface area contributed by atoms with E-state index < -0.39 is 0 Å². The first-order valence-corrected chi connectivity index (χ1v) is 5.51. The van der Waals surface area contributed by atoms with Crippen molar-refractivity contribution in [2.24, 2.45) is 11.1 Å². The fourth-order valence-corrected chi connectivity index (χ4v) is 2.36. The van der Waals surface area contributed by atoms with Crippen LogP contribution in [0.5, 0.6) is 0 Å². The molecule has 1 rings (SSSR count). The summed E-state index contributed by atoms with van der Waals surface area (Å²) in [6.45, 7) is 2.16. The van der Waals surface area contributed by atoms with Gasteiger partial charge in [0.15, 0.2) is 0 Å². The molecular weight excluding hydrogens is 162 g/mol. The molecule has 2 N–H and O–H groups in total. The molecule has 0 aromatic rings. The van der Waals surface area contributed by atoms with Crippen molar-refractivity contribution in [1.82, 2.24) is 0 Å². The fraction of sp³-hybridized carbons (Fsp3) is 0.909. The lowest BCUT2D eigenvalue weighted by atomic mass is 9.70. The molecule has 1 amide bonds. The number of amides is 1. The summed E-state index contributed by atoms with van der Waals surface area (Å²) >= 11 is 0. The maximum absolute atomic E-state index is 11.4. The molecule has 1 aliphatic rings. The second-order valence-corrected chi connectivity index (χ2v) is 4.31. The molecule has 0 heterocycles. The summed E-state index contributed by atoms with van der Waals surface area (Å²) in [4.78, 5) is 11.4. The van der Waals surface area contributed by atoms with Gasteiger partial charge in [-0.2, -0.15) is 0 Å². The van der Waals surface area contributed by atoms with E-state index in [0.717, 1.165) is 32.1 Å². The van der Waals surface area contributed by atoms with E-state index in [1.54, 1.807) is 0 Å². The van der Waals surface area contributed by atoms with Crippen molar-refractivity contribution in [1.29, 1.82) is 0 Å². The first kappa shape index (κ1) is 10.6. The van der Waals surface area contributed by atoms with Gasteiger partial charge in [-0.25, -0.2) is 0 Å². The molecule has 1 aliphatic carbocycles. The van der Waals surface area contributed by atoms with Gasteiger partial charge in [-0.15, -0.1) is 0 Å². The van der Waals surface area contributed by atoms with Crippen molar-refractivity contribution >= 4 is 5.91 Å². The van der Waals surface area contributed by atoms with Gasteiger partial charge >= 0.3 is 0 Å². The van der Waals surface area contributed by atoms with E-state index in [1.807, 2.05) is 0 Å². The predicted molar refractivity (Wildman–Crippen MR) is 54.2 cm³/mol. The lowest BCUT2D eigenvalue weighted by Crippen LogP contribution is -2.38. The van der Waals surface area contributed by atoms with E-state index in [0.29, 0.717) is 0 Å². The van der Waals surface area contributed by atoms with Gasteiger partial charge in [0, 0.05) is 5.41 Å². The van der Waals surface area contributed by atoms with Crippen LogP contribution in [-0.2, 0) is 4.79 Å². The average Bonchev–Trinajstić information content (AvgIpc) is 2.16. The van der Waals surface area contributed by atoms with E-state index in [4.69, 9.17) is 5.73 Å². The number of hydrogen-bond acceptors (Lipinski definition) is 1. The van der Waals surface area contributed by atoms with Crippen LogP contribution in [0.2, 0.25) is 0 Å². The van der Waals surface area contributed by atoms with Gasteiger partial charge in [-0.1, -0.05) is 39.0 Å². The molecule has 13 heavy (non-hydrogen) atoms. The van der Waals surface area contributed by atoms with Crippen LogP contribution in [0.4, 0.5) is 0 Å². The van der Waals surface area contributed by atoms with Crippen LogP contribution in [-0.4, -0.2) is 5.91 Å². The maximum atomic E-state index is 11.4. The monoisotopic (exact) mass is 183 g/mol. The summed E-state index contributed by atoms with van der Waals surface area (Å²) in [7, 11) is 0. The van der Waals surface area contributed by atoms with Crippen LogP contribution in [0.1, 0.15) is 58.3 Å². The van der Waals surface area contributed by atoms with Gasteiger partial charge in [0.05, 0.1) is 0 Å². The van der Waals surface area contributed by atoms with E-state index in [-0.39, 0.29) is 11.3 Å². The van der Waals surface area contributed by atoms with Crippen molar-refractivity contribution in [3.05, 3.63) is 0 Å². The molecule has 0 radical (unpaired) electrons. The largest absolute Gasteiger partial charge is 0.369 e. The molecule has 1 fully saturated rings. The van der Waals surface area contributed by atoms with Gasteiger partial charge in [-0.3, -0.25) is 4.79 Å². The van der Waals surface area contributed by atoms with Crippen LogP contribution >= 0.6 is 0 Å². The Kier molecular flexibility index (Phi) is 3.76. The Morgan fingerprint density at radius 1 is 1.31 bits per heavy atom. The number of rotatable bonds is 4. The fourth-order valence-electron chi connectivity index (χ4n) is 2.36. The Hall–Kier alpha value is -0.530. The minimum Gasteiger partial charge on any atom is -0.369 e. The van der Waals surface area contributed by atoms with Crippen molar-refractivity contribution in [3.63, 3.8) is 0 Å². The Balaban J connectivity index is 2.56. The van der Waals surface area contributed by atoms with Crippen molar-refractivity contribution < 1.29 is 4.79 Å². The third-order valence-corrected chi connectivity index (χ3v) is 3.34. The number of unbranched alkanes of at least 4 members (excludes halogenated alkanes) is 1. The molecule has 0 aliphatic heterocycles. The molecule has 0 unspecified atom stereocenters. The number of primary amides is 1. The predicted octanol–water partition coefficient (Wildman–Crippen LogP) is 2.61. The zero-order valence-corrected chi connectivity index (χ0v) is 8.64. The van der Waals surface area contributed by atoms with Crippen LogP contribution in [0.3, 0.4) is 0 Å². The minimum atomic E-state index is -0.131. The van der Waals surface area contributed by atoms with Gasteiger partial charge < -0.3 is 5.73 Å². The average molecular weight is 183 g/mol. The molecule has 0 atom stereocenters. The molecular formula is C11H21NO. The van der Waals surface area contributed by atoms with Crippen LogP contribution in [0.25, 0.3) is 0 Å². The summed E-state index contributed by atoms with van der Waals surface area (Å²) in [5.41, 5.74) is 5.37. The molecule has 76 valence electrons. The summed E-state index contributed by atoms with van der Waals surface area (Å²) in [5, 5.41) is 0. The highest BCUT2D eigenvalue weighted by Gasteiger charge is 2.36. The molecule has 0 spiro atoms. The molecule has 0 aromatic heterocycles. The summed E-state index contributed by atoms with van der Waals surface area (Å²) < 4.78 is 0. The Morgan fingerprint density at radius 3 is 2.38 bits per heavy atom. The highest BCUT2D eigenvalue weighted by Crippen LogP contribution is 2.40. The molecule has 0 bridgehead atoms. The number of carbonyl (C=O) groups excluding carboxylic acids is 1. The van der Waals surface area contributed by atoms with Crippen LogP contribution in [0, 0.1) is 5.41 Å². The smallest absolute Gasteiger partial charge is 0.223 e. The second kappa shape index (κ2) is 4.64. The molecule has 0 aromatic carbocycles. The number of nitrogens with two attached hydrogens (primary N) is 1. The van der Waals surface area contributed by atoms with Gasteiger partial charge in [0.1, 0.15) is 0 Å². The molecule has 2 heteroatoms. The SMILES string of the molecule is CCCCC1(C(N)=O)CCCCC1. The van der Waals surface area contributed by atoms with E-state index in [1.165, 1.54) is 19.3 Å². The van der Waals surface area contributed by atoms with Gasteiger partial charge in [0.2, 0.25) is 5.91 Å². The second-order valence-electron chi connectivity index (χ2n) is 4.31. The number of carbonyl (C=O) groups is 1. The lowest BCUT2D eigenvalue weighted by molar-refractivity contribution is -0.130. The van der Waals surface area contributed by atoms with Crippen LogP contribution in [0.15, 0.2) is 0 Å². The Labute approximate surface area is 80.9 Å². The Bertz CT molecular complexity index is 171. The van der Waals surface area contributed by atoms with Crippen LogP contribution < -0.4 is 5.73 Å². The van der Waals surface area contributed by atoms with Crippen molar-refractivity contribution in [3.8, 4) is 0 Å². The first-order valence-electron chi connectivity index (χ1n) is 5.51. The highest BCUT2D eigenvalue weighted by atomic mass is 16.1. The summed E-state index contributed by atoms with van der Waals surface area (Å²) in [6.07, 6.45) is 9.03. The Morgan fingerprint density at radius 2 is 1.92 bits per heavy atom. The van der Waals surface area contributed by atoms with E-state index >= 15 is 0 Å². The van der Waals surface area contributed by atoms with E-state index in [2.05, 4.69) is 6.92 Å². The number of hydrogen-bond donors (Lipinski definition) is 1. The third-order valence-electron chi connectivity index (χ3n) is 3.34. The topological polar surface area (TPSA) is 43.1 Å². The molecule has 2 nitrogen and oxygen atoms in total. The molecule has 0 saturated heterocycles. The zero-order valence-electron chi connectivity index (χ0n) is 8.64. The zero-order chi connectivity index (χ0) is 9.73.